The van der Waals surface area contributed by atoms with Gasteiger partial charge in [0, 0.05) is 6.20 Å². The number of rotatable bonds is 4. The van der Waals surface area contributed by atoms with Crippen molar-refractivity contribution in [1.29, 1.82) is 0 Å². The average Bonchev–Trinajstić information content (AvgIpc) is 2.76. The minimum Gasteiger partial charge on any atom is -0.458 e. The van der Waals surface area contributed by atoms with Crippen LogP contribution >= 0.6 is 0 Å². The first-order chi connectivity index (χ1) is 7.40. The Kier molecular flexibility index (Phi) is 3.15. The maximum absolute atomic E-state index is 5.65. The van der Waals surface area contributed by atoms with Gasteiger partial charge in [-0.3, -0.25) is 4.98 Å². The normalized spacial score (nSPS) is 10.5. The van der Waals surface area contributed by atoms with E-state index >= 15 is 0 Å². The first kappa shape index (κ1) is 9.93. The van der Waals surface area contributed by atoms with Crippen LogP contribution in [0, 0.1) is 0 Å². The van der Waals surface area contributed by atoms with Gasteiger partial charge in [0.25, 0.3) is 0 Å². The van der Waals surface area contributed by atoms with Crippen LogP contribution in [0.2, 0.25) is 0 Å². The third-order valence-electron chi connectivity index (χ3n) is 2.13. The predicted octanol–water partition coefficient (Wildman–Crippen LogP) is 2.45. The molecule has 0 aliphatic carbocycles. The van der Waals surface area contributed by atoms with Crippen LogP contribution in [0.4, 0.5) is 0 Å². The van der Waals surface area contributed by atoms with Crippen molar-refractivity contribution >= 4 is 0 Å². The smallest absolute Gasteiger partial charge is 0.152 e. The molecule has 3 heteroatoms. The Labute approximate surface area is 89.1 Å². The Balaban J connectivity index is 2.14. The van der Waals surface area contributed by atoms with E-state index in [2.05, 4.69) is 17.2 Å². The van der Waals surface area contributed by atoms with E-state index in [0.717, 1.165) is 30.3 Å². The van der Waals surface area contributed by atoms with Crippen molar-refractivity contribution < 1.29 is 4.42 Å². The Morgan fingerprint density at radius 2 is 2.20 bits per heavy atom. The summed E-state index contributed by atoms with van der Waals surface area (Å²) in [5.41, 5.74) is 0.875. The topological polar surface area (TPSA) is 38.1 Å². The van der Waals surface area contributed by atoms with E-state index in [-0.39, 0.29) is 0 Å². The molecule has 0 saturated carbocycles. The van der Waals surface area contributed by atoms with Crippen LogP contribution < -0.4 is 5.32 Å². The summed E-state index contributed by atoms with van der Waals surface area (Å²) in [7, 11) is 0. The summed E-state index contributed by atoms with van der Waals surface area (Å²) in [5, 5.41) is 3.22. The lowest BCUT2D eigenvalue weighted by molar-refractivity contribution is 0.497. The van der Waals surface area contributed by atoms with E-state index in [9.17, 15) is 0 Å². The maximum atomic E-state index is 5.65. The lowest BCUT2D eigenvalue weighted by Crippen LogP contribution is -2.10. The second-order valence-electron chi connectivity index (χ2n) is 3.26. The van der Waals surface area contributed by atoms with Crippen molar-refractivity contribution in [3.05, 3.63) is 42.3 Å². The second kappa shape index (κ2) is 4.75. The number of aromatic nitrogens is 1. The monoisotopic (exact) mass is 202 g/mol. The van der Waals surface area contributed by atoms with Gasteiger partial charge in [-0.15, -0.1) is 0 Å². The van der Waals surface area contributed by atoms with Crippen molar-refractivity contribution in [2.75, 3.05) is 6.54 Å². The number of nitrogens with zero attached hydrogens (tertiary/aromatic N) is 1. The van der Waals surface area contributed by atoms with Crippen LogP contribution in [0.3, 0.4) is 0 Å². The molecule has 0 amide bonds. The molecule has 78 valence electrons. The molecule has 1 N–H and O–H groups in total. The van der Waals surface area contributed by atoms with Crippen molar-refractivity contribution in [2.24, 2.45) is 0 Å². The zero-order valence-electron chi connectivity index (χ0n) is 8.73. The molecular formula is C12H14N2O. The zero-order valence-corrected chi connectivity index (χ0v) is 8.73. The molecule has 0 bridgehead atoms. The van der Waals surface area contributed by atoms with Gasteiger partial charge in [-0.1, -0.05) is 13.0 Å². The summed E-state index contributed by atoms with van der Waals surface area (Å²) in [6, 6.07) is 9.72. The number of nitrogens with one attached hydrogen (secondary N) is 1. The van der Waals surface area contributed by atoms with Gasteiger partial charge in [-0.05, 0) is 30.8 Å². The fourth-order valence-electron chi connectivity index (χ4n) is 1.37. The molecular weight excluding hydrogens is 188 g/mol. The molecule has 0 fully saturated rings. The van der Waals surface area contributed by atoms with Crippen molar-refractivity contribution in [3.63, 3.8) is 0 Å². The Morgan fingerprint density at radius 3 is 2.93 bits per heavy atom. The molecule has 2 aromatic rings. The summed E-state index contributed by atoms with van der Waals surface area (Å²) in [5.74, 6) is 1.76. The zero-order chi connectivity index (χ0) is 10.5. The molecule has 0 spiro atoms. The van der Waals surface area contributed by atoms with Crippen molar-refractivity contribution in [1.82, 2.24) is 10.3 Å². The Bertz CT molecular complexity index is 409. The third-order valence-corrected chi connectivity index (χ3v) is 2.13. The molecule has 2 heterocycles. The van der Waals surface area contributed by atoms with Gasteiger partial charge in [0.05, 0.1) is 6.54 Å². The summed E-state index contributed by atoms with van der Waals surface area (Å²) >= 11 is 0. The first-order valence-corrected chi connectivity index (χ1v) is 5.11. The molecule has 0 aliphatic heterocycles. The van der Waals surface area contributed by atoms with Gasteiger partial charge in [0.15, 0.2) is 5.76 Å². The molecule has 2 rings (SSSR count). The van der Waals surface area contributed by atoms with Crippen LogP contribution in [0.1, 0.15) is 12.7 Å². The molecule has 0 unspecified atom stereocenters. The fourth-order valence-corrected chi connectivity index (χ4v) is 1.37. The summed E-state index contributed by atoms with van der Waals surface area (Å²) < 4.78 is 5.65. The van der Waals surface area contributed by atoms with Gasteiger partial charge >= 0.3 is 0 Å². The largest absolute Gasteiger partial charge is 0.458 e. The highest BCUT2D eigenvalue weighted by atomic mass is 16.3. The Hall–Kier alpha value is -1.61. The van der Waals surface area contributed by atoms with Gasteiger partial charge in [-0.25, -0.2) is 0 Å². The van der Waals surface area contributed by atoms with E-state index in [0.29, 0.717) is 0 Å². The number of pyridine rings is 1. The quantitative estimate of drug-likeness (QED) is 0.827. The second-order valence-corrected chi connectivity index (χ2v) is 3.26. The first-order valence-electron chi connectivity index (χ1n) is 5.11. The van der Waals surface area contributed by atoms with Crippen molar-refractivity contribution in [2.45, 2.75) is 13.5 Å². The van der Waals surface area contributed by atoms with E-state index in [1.54, 1.807) is 6.20 Å². The van der Waals surface area contributed by atoms with Crippen molar-refractivity contribution in [3.8, 4) is 11.5 Å². The lowest BCUT2D eigenvalue weighted by atomic mass is 10.3. The summed E-state index contributed by atoms with van der Waals surface area (Å²) in [4.78, 5) is 4.23. The van der Waals surface area contributed by atoms with Gasteiger partial charge in [0.1, 0.15) is 11.5 Å². The minimum atomic E-state index is 0.767. The fraction of sp³-hybridized carbons (Fsp3) is 0.250. The summed E-state index contributed by atoms with van der Waals surface area (Å²) in [6.07, 6.45) is 1.77. The van der Waals surface area contributed by atoms with Gasteiger partial charge in [-0.2, -0.15) is 0 Å². The third kappa shape index (κ3) is 2.44. The molecule has 0 aliphatic rings. The maximum Gasteiger partial charge on any atom is 0.152 e. The highest BCUT2D eigenvalue weighted by molar-refractivity contribution is 5.51. The van der Waals surface area contributed by atoms with E-state index in [1.165, 1.54) is 0 Å². The highest BCUT2D eigenvalue weighted by Gasteiger charge is 2.04. The number of furan rings is 1. The van der Waals surface area contributed by atoms with E-state index in [4.69, 9.17) is 4.42 Å². The minimum absolute atomic E-state index is 0.767. The van der Waals surface area contributed by atoms with Gasteiger partial charge < -0.3 is 9.73 Å². The molecule has 2 aromatic heterocycles. The van der Waals surface area contributed by atoms with Crippen LogP contribution in [0.5, 0.6) is 0 Å². The molecule has 0 saturated heterocycles. The lowest BCUT2D eigenvalue weighted by Gasteiger charge is -1.97. The van der Waals surface area contributed by atoms with Crippen LogP contribution in [-0.4, -0.2) is 11.5 Å². The molecule has 15 heavy (non-hydrogen) atoms. The summed E-state index contributed by atoms with van der Waals surface area (Å²) in [6.45, 7) is 3.78. The number of hydrogen-bond donors (Lipinski definition) is 1. The number of hydrogen-bond acceptors (Lipinski definition) is 3. The van der Waals surface area contributed by atoms with Crippen LogP contribution in [0.15, 0.2) is 40.9 Å². The van der Waals surface area contributed by atoms with E-state index < -0.39 is 0 Å². The SMILES string of the molecule is CCNCc1ccc(-c2ccccn2)o1. The van der Waals surface area contributed by atoms with E-state index in [1.807, 2.05) is 30.3 Å². The predicted molar refractivity (Wildman–Crippen MR) is 59.3 cm³/mol. The van der Waals surface area contributed by atoms with Crippen LogP contribution in [-0.2, 0) is 6.54 Å². The average molecular weight is 202 g/mol. The highest BCUT2D eigenvalue weighted by Crippen LogP contribution is 2.19. The van der Waals surface area contributed by atoms with Gasteiger partial charge in [0.2, 0.25) is 0 Å². The molecule has 0 atom stereocenters. The Morgan fingerprint density at radius 1 is 1.27 bits per heavy atom. The molecule has 3 nitrogen and oxygen atoms in total. The molecule has 0 aromatic carbocycles. The van der Waals surface area contributed by atoms with Crippen LogP contribution in [0.25, 0.3) is 11.5 Å². The molecule has 0 radical (unpaired) electrons. The standard InChI is InChI=1S/C12H14N2O/c1-2-13-9-10-6-7-12(15-10)11-5-3-4-8-14-11/h3-8,13H,2,9H2,1H3.